The summed E-state index contributed by atoms with van der Waals surface area (Å²) >= 11 is 7.81. The van der Waals surface area contributed by atoms with Crippen LogP contribution < -0.4 is 20.7 Å². The van der Waals surface area contributed by atoms with Gasteiger partial charge in [-0.1, -0.05) is 122 Å². The Kier molecular flexibility index (Phi) is 17.8. The number of para-hydroxylation sites is 2. The van der Waals surface area contributed by atoms with Gasteiger partial charge in [-0.25, -0.2) is 0 Å². The topological polar surface area (TPSA) is 86.5 Å². The van der Waals surface area contributed by atoms with Gasteiger partial charge in [0, 0.05) is 53.6 Å². The SMILES string of the molecule is CC(CN1c2ccccc2Sc2ccccc21)N(C)C.CCN(CC)CCNC(=O)c1cc(Cl)c(N)cc1OC.CN1[C@@H]2CC[C@H]1C[C@@H](OC(c1ccccc1)c1ccccc1)C2. The van der Waals surface area contributed by atoms with Gasteiger partial charge in [-0.3, -0.25) is 4.79 Å². The van der Waals surface area contributed by atoms with Crippen molar-refractivity contribution >= 4 is 46.3 Å². The molecule has 3 aliphatic heterocycles. The van der Waals surface area contributed by atoms with Crippen LogP contribution in [0, 0.1) is 0 Å². The normalized spacial score (nSPS) is 18.1. The second-order valence-electron chi connectivity index (χ2n) is 16.8. The van der Waals surface area contributed by atoms with Crippen LogP contribution in [0.15, 0.2) is 131 Å². The number of nitrogens with one attached hydrogen (secondary N) is 1. The zero-order chi connectivity index (χ0) is 44.9. The van der Waals surface area contributed by atoms with Crippen molar-refractivity contribution in [1.82, 2.24) is 20.0 Å². The van der Waals surface area contributed by atoms with E-state index in [4.69, 9.17) is 26.8 Å². The number of nitrogens with two attached hydrogens (primary N) is 1. The van der Waals surface area contributed by atoms with Crippen LogP contribution in [0.25, 0.3) is 0 Å². The van der Waals surface area contributed by atoms with Crippen LogP contribution in [-0.2, 0) is 4.74 Å². The molecular weight excluding hydrogens is 824 g/mol. The summed E-state index contributed by atoms with van der Waals surface area (Å²) < 4.78 is 11.8. The largest absolute Gasteiger partial charge is 0.496 e. The Labute approximate surface area is 385 Å². The van der Waals surface area contributed by atoms with Gasteiger partial charge in [0.25, 0.3) is 5.91 Å². The third kappa shape index (κ3) is 12.6. The smallest absolute Gasteiger partial charge is 0.255 e. The second-order valence-corrected chi connectivity index (χ2v) is 18.3. The number of amides is 1. The van der Waals surface area contributed by atoms with Crippen molar-refractivity contribution in [1.29, 1.82) is 0 Å². The van der Waals surface area contributed by atoms with Gasteiger partial charge in [-0.05, 0) is 108 Å². The highest BCUT2D eigenvalue weighted by molar-refractivity contribution is 7.99. The van der Waals surface area contributed by atoms with Crippen LogP contribution in [0.3, 0.4) is 0 Å². The molecule has 5 aromatic rings. The van der Waals surface area contributed by atoms with Gasteiger partial charge in [0.2, 0.25) is 0 Å². The minimum atomic E-state index is -0.212. The molecule has 63 heavy (non-hydrogen) atoms. The summed E-state index contributed by atoms with van der Waals surface area (Å²) in [7, 11) is 8.06. The Morgan fingerprint density at radius 3 is 1.87 bits per heavy atom. The fourth-order valence-corrected chi connectivity index (χ4v) is 9.81. The first kappa shape index (κ1) is 47.9. The monoisotopic (exact) mass is 890 g/mol. The van der Waals surface area contributed by atoms with Crippen molar-refractivity contribution in [3.8, 4) is 5.75 Å². The van der Waals surface area contributed by atoms with Crippen LogP contribution in [0.2, 0.25) is 5.02 Å². The molecule has 5 aromatic carbocycles. The Hall–Kier alpha value is -4.55. The predicted molar refractivity (Wildman–Crippen MR) is 263 cm³/mol. The Morgan fingerprint density at radius 2 is 1.37 bits per heavy atom. The van der Waals surface area contributed by atoms with Gasteiger partial charge in [0.15, 0.2) is 0 Å². The molecule has 2 bridgehead atoms. The summed E-state index contributed by atoms with van der Waals surface area (Å²) in [6.07, 6.45) is 5.43. The van der Waals surface area contributed by atoms with Gasteiger partial charge in [-0.2, -0.15) is 0 Å². The standard InChI is InChI=1S/C21H25NO.C17H20N2S.C14H22ClN3O2/c1-22-18-12-13-19(22)15-20(14-18)23-21(16-8-4-2-5-9-16)17-10-6-3-7-11-17;1-13(18(2)3)12-19-14-8-4-6-10-16(14)20-17-11-7-5-9-15(17)19;1-4-18(5-2)7-6-17-14(19)10-8-11(15)12(16)9-13(10)20-3/h2-11,18-21H,12-15H2,1H3;4-11,13H,12H2,1-3H3;8-9H,4-7,16H2,1-3H3,(H,17,19)/t18-,19+,20+;;. The molecule has 8 rings (SSSR count). The van der Waals surface area contributed by atoms with E-state index in [-0.39, 0.29) is 12.0 Å². The zero-order valence-corrected chi connectivity index (χ0v) is 39.7. The van der Waals surface area contributed by atoms with Crippen LogP contribution in [-0.4, -0.2) is 106 Å². The molecular formula is C52H67ClN6O3S. The molecule has 4 atom stereocenters. The van der Waals surface area contributed by atoms with Gasteiger partial charge >= 0.3 is 0 Å². The van der Waals surface area contributed by atoms with Crippen LogP contribution >= 0.6 is 23.4 Å². The number of carbonyl (C=O) groups excluding carboxylic acids is 1. The molecule has 0 saturated carbocycles. The average molecular weight is 892 g/mol. The number of likely N-dealkylation sites (N-methyl/N-ethyl adjacent to an activating group) is 2. The molecule has 2 fully saturated rings. The van der Waals surface area contributed by atoms with Crippen LogP contribution in [0.5, 0.6) is 5.75 Å². The molecule has 0 aliphatic carbocycles. The van der Waals surface area contributed by atoms with E-state index in [2.05, 4.69) is 176 Å². The molecule has 11 heteroatoms. The molecule has 3 heterocycles. The van der Waals surface area contributed by atoms with Crippen molar-refractivity contribution in [2.45, 2.75) is 86.6 Å². The number of carbonyl (C=O) groups is 1. The molecule has 0 aromatic heterocycles. The number of benzene rings is 5. The summed E-state index contributed by atoms with van der Waals surface area (Å²) in [4.78, 5) is 24.3. The van der Waals surface area contributed by atoms with Gasteiger partial charge in [0.1, 0.15) is 11.9 Å². The van der Waals surface area contributed by atoms with Gasteiger partial charge in [-0.15, -0.1) is 0 Å². The lowest BCUT2D eigenvalue weighted by atomic mass is 9.97. The maximum absolute atomic E-state index is 12.1. The summed E-state index contributed by atoms with van der Waals surface area (Å²) in [5.74, 6) is 0.211. The summed E-state index contributed by atoms with van der Waals surface area (Å²) in [5.41, 5.74) is 11.6. The van der Waals surface area contributed by atoms with E-state index >= 15 is 0 Å². The number of hydrogen-bond acceptors (Lipinski definition) is 9. The first-order valence-electron chi connectivity index (χ1n) is 22.4. The molecule has 2 saturated heterocycles. The number of hydrogen-bond donors (Lipinski definition) is 2. The Bertz CT molecular complexity index is 2090. The van der Waals surface area contributed by atoms with Crippen molar-refractivity contribution in [3.05, 3.63) is 143 Å². The predicted octanol–water partition coefficient (Wildman–Crippen LogP) is 10.7. The molecule has 3 aliphatic rings. The third-order valence-corrected chi connectivity index (χ3v) is 14.1. The Morgan fingerprint density at radius 1 is 0.841 bits per heavy atom. The summed E-state index contributed by atoms with van der Waals surface area (Å²) in [6, 6.07) is 43.7. The van der Waals surface area contributed by atoms with E-state index < -0.39 is 0 Å². The highest BCUT2D eigenvalue weighted by Gasteiger charge is 2.40. The number of anilines is 3. The number of rotatable bonds is 14. The molecule has 0 spiro atoms. The zero-order valence-electron chi connectivity index (χ0n) is 38.2. The Balaban J connectivity index is 0.000000158. The van der Waals surface area contributed by atoms with E-state index in [1.807, 2.05) is 11.8 Å². The number of nitrogen functional groups attached to an aromatic ring is 1. The maximum Gasteiger partial charge on any atom is 0.255 e. The van der Waals surface area contributed by atoms with Gasteiger partial charge in [0.05, 0.1) is 40.9 Å². The first-order valence-corrected chi connectivity index (χ1v) is 23.6. The lowest BCUT2D eigenvalue weighted by Gasteiger charge is -2.38. The van der Waals surface area contributed by atoms with Crippen molar-refractivity contribution < 1.29 is 14.3 Å². The highest BCUT2D eigenvalue weighted by atomic mass is 35.5. The van der Waals surface area contributed by atoms with Crippen molar-refractivity contribution in [2.24, 2.45) is 0 Å². The number of nitrogens with zero attached hydrogens (tertiary/aromatic N) is 4. The number of ether oxygens (including phenoxy) is 2. The number of fused-ring (bicyclic) bond motifs is 4. The van der Waals surface area contributed by atoms with Crippen LogP contribution in [0.4, 0.5) is 17.1 Å². The maximum atomic E-state index is 12.1. The van der Waals surface area contributed by atoms with Crippen LogP contribution in [0.1, 0.15) is 74.0 Å². The third-order valence-electron chi connectivity index (χ3n) is 12.6. The minimum absolute atomic E-state index is 0.0465. The molecule has 1 unspecified atom stereocenters. The van der Waals surface area contributed by atoms with Gasteiger partial charge < -0.3 is 40.1 Å². The van der Waals surface area contributed by atoms with E-state index in [1.165, 1.54) is 71.2 Å². The minimum Gasteiger partial charge on any atom is -0.496 e. The van der Waals surface area contributed by atoms with E-state index in [9.17, 15) is 4.79 Å². The fraction of sp³-hybridized carbons (Fsp3) is 0.404. The second kappa shape index (κ2) is 23.4. The van der Waals surface area contributed by atoms with E-state index in [0.29, 0.717) is 52.8 Å². The lowest BCUT2D eigenvalue weighted by Crippen LogP contribution is -2.43. The number of halogens is 1. The number of methoxy groups -OCH3 is 1. The van der Waals surface area contributed by atoms with E-state index in [0.717, 1.165) is 26.2 Å². The summed E-state index contributed by atoms with van der Waals surface area (Å²) in [5, 5.41) is 3.21. The highest BCUT2D eigenvalue weighted by Crippen LogP contribution is 2.48. The summed E-state index contributed by atoms with van der Waals surface area (Å²) in [6.45, 7) is 10.8. The average Bonchev–Trinajstić information content (AvgIpc) is 3.49. The molecule has 336 valence electrons. The van der Waals surface area contributed by atoms with Crippen molar-refractivity contribution in [3.63, 3.8) is 0 Å². The molecule has 0 radical (unpaired) electrons. The lowest BCUT2D eigenvalue weighted by molar-refractivity contribution is -0.0426. The first-order chi connectivity index (χ1) is 30.5. The molecule has 1 amide bonds. The molecule has 3 N–H and O–H groups in total. The quantitative estimate of drug-likeness (QED) is 0.106. The fourth-order valence-electron chi connectivity index (χ4n) is 8.55. The molecule has 9 nitrogen and oxygen atoms in total. The number of piperidine rings is 1. The van der Waals surface area contributed by atoms with E-state index in [1.54, 1.807) is 6.07 Å². The van der Waals surface area contributed by atoms with Crippen molar-refractivity contribution in [2.75, 3.05) is 71.6 Å².